The number of nitrogens with one attached hydrogen (secondary N) is 1. The van der Waals surface area contributed by atoms with Crippen molar-refractivity contribution in [3.63, 3.8) is 0 Å². The van der Waals surface area contributed by atoms with Crippen molar-refractivity contribution in [1.29, 1.82) is 0 Å². The standard InChI is InChI=1S/C16H22N4O2S2.HI/c1-18-16(20(2)9-8-14-6-4-10-23-14)19-12-13-5-3-7-15(11-13)24(17,21)22;/h3-7,10-11H,8-9,12H2,1-2H3,(H,18,19)(H2,17,21,22);1H. The van der Waals surface area contributed by atoms with Crippen LogP contribution < -0.4 is 10.5 Å². The molecule has 6 nitrogen and oxygen atoms in total. The summed E-state index contributed by atoms with van der Waals surface area (Å²) >= 11 is 1.74. The first-order valence-electron chi connectivity index (χ1n) is 7.46. The van der Waals surface area contributed by atoms with Gasteiger partial charge in [-0.3, -0.25) is 4.99 Å². The Morgan fingerprint density at radius 2 is 2.08 bits per heavy atom. The summed E-state index contributed by atoms with van der Waals surface area (Å²) in [7, 11) is 0.0160. The molecule has 25 heavy (non-hydrogen) atoms. The Morgan fingerprint density at radius 1 is 1.32 bits per heavy atom. The van der Waals surface area contributed by atoms with Crippen LogP contribution in [0.15, 0.2) is 51.7 Å². The van der Waals surface area contributed by atoms with E-state index in [4.69, 9.17) is 5.14 Å². The predicted octanol–water partition coefficient (Wildman–Crippen LogP) is 2.26. The summed E-state index contributed by atoms with van der Waals surface area (Å²) in [5, 5.41) is 10.5. The minimum Gasteiger partial charge on any atom is -0.352 e. The highest BCUT2D eigenvalue weighted by Gasteiger charge is 2.09. The molecule has 1 aromatic heterocycles. The van der Waals surface area contributed by atoms with Crippen molar-refractivity contribution in [2.45, 2.75) is 17.9 Å². The lowest BCUT2D eigenvalue weighted by molar-refractivity contribution is 0.486. The summed E-state index contributed by atoms with van der Waals surface area (Å²) in [4.78, 5) is 7.76. The van der Waals surface area contributed by atoms with Crippen LogP contribution >= 0.6 is 35.3 Å². The highest BCUT2D eigenvalue weighted by atomic mass is 127. The number of guanidine groups is 1. The second kappa shape index (κ2) is 10.1. The van der Waals surface area contributed by atoms with Crippen LogP contribution in [0, 0.1) is 0 Å². The van der Waals surface area contributed by atoms with Crippen molar-refractivity contribution in [3.05, 3.63) is 52.2 Å². The Kier molecular flexibility index (Phi) is 8.83. The van der Waals surface area contributed by atoms with Gasteiger partial charge >= 0.3 is 0 Å². The van der Waals surface area contributed by atoms with Crippen LogP contribution in [0.3, 0.4) is 0 Å². The molecule has 0 unspecified atom stereocenters. The smallest absolute Gasteiger partial charge is 0.238 e. The largest absolute Gasteiger partial charge is 0.352 e. The van der Waals surface area contributed by atoms with Crippen molar-refractivity contribution in [1.82, 2.24) is 10.2 Å². The number of hydrogen-bond acceptors (Lipinski definition) is 4. The van der Waals surface area contributed by atoms with Gasteiger partial charge in [0.2, 0.25) is 10.0 Å². The second-order valence-corrected chi connectivity index (χ2v) is 7.94. The van der Waals surface area contributed by atoms with Gasteiger partial charge < -0.3 is 10.2 Å². The molecule has 0 spiro atoms. The van der Waals surface area contributed by atoms with Gasteiger partial charge in [-0.2, -0.15) is 0 Å². The molecule has 3 N–H and O–H groups in total. The average molecular weight is 494 g/mol. The van der Waals surface area contributed by atoms with Crippen molar-refractivity contribution in [2.24, 2.45) is 10.1 Å². The summed E-state index contributed by atoms with van der Waals surface area (Å²) < 4.78 is 22.8. The van der Waals surface area contributed by atoms with Gasteiger partial charge in [-0.25, -0.2) is 13.6 Å². The molecular formula is C16H23IN4O2S2. The summed E-state index contributed by atoms with van der Waals surface area (Å²) in [6.45, 7) is 1.32. The molecule has 0 aliphatic rings. The van der Waals surface area contributed by atoms with Gasteiger partial charge in [-0.15, -0.1) is 35.3 Å². The van der Waals surface area contributed by atoms with E-state index in [1.807, 2.05) is 24.1 Å². The Balaban J connectivity index is 0.00000312. The number of aliphatic imine (C=N–C) groups is 1. The maximum absolute atomic E-state index is 11.4. The topological polar surface area (TPSA) is 87.8 Å². The summed E-state index contributed by atoms with van der Waals surface area (Å²) in [5.41, 5.74) is 0.828. The first-order chi connectivity index (χ1) is 11.4. The van der Waals surface area contributed by atoms with Gasteiger partial charge in [0.1, 0.15) is 0 Å². The minimum absolute atomic E-state index is 0. The zero-order chi connectivity index (χ0) is 17.6. The molecule has 0 radical (unpaired) electrons. The molecule has 1 aromatic carbocycles. The number of halogens is 1. The SMILES string of the molecule is CN=C(NCc1cccc(S(N)(=O)=O)c1)N(C)CCc1cccs1.I. The van der Waals surface area contributed by atoms with Gasteiger partial charge in [0, 0.05) is 32.1 Å². The van der Waals surface area contributed by atoms with Crippen LogP contribution in [0.2, 0.25) is 0 Å². The fourth-order valence-corrected chi connectivity index (χ4v) is 3.52. The normalized spacial score (nSPS) is 11.7. The van der Waals surface area contributed by atoms with E-state index in [0.717, 1.165) is 24.5 Å². The molecule has 1 heterocycles. The average Bonchev–Trinajstić information content (AvgIpc) is 3.06. The highest BCUT2D eigenvalue weighted by Crippen LogP contribution is 2.11. The molecule has 9 heteroatoms. The van der Waals surface area contributed by atoms with Crippen LogP contribution in [-0.4, -0.2) is 39.9 Å². The lowest BCUT2D eigenvalue weighted by Crippen LogP contribution is -2.39. The van der Waals surface area contributed by atoms with Crippen molar-refractivity contribution in [3.8, 4) is 0 Å². The van der Waals surface area contributed by atoms with Gasteiger partial charge in [0.15, 0.2) is 5.96 Å². The van der Waals surface area contributed by atoms with Crippen molar-refractivity contribution < 1.29 is 8.42 Å². The number of sulfonamides is 1. The zero-order valence-corrected chi connectivity index (χ0v) is 18.1. The number of likely N-dealkylation sites (N-methyl/N-ethyl adjacent to an activating group) is 1. The predicted molar refractivity (Wildman–Crippen MR) is 114 cm³/mol. The van der Waals surface area contributed by atoms with E-state index in [-0.39, 0.29) is 28.9 Å². The number of nitrogens with zero attached hydrogens (tertiary/aromatic N) is 2. The van der Waals surface area contributed by atoms with E-state index in [1.54, 1.807) is 30.5 Å². The fraction of sp³-hybridized carbons (Fsp3) is 0.312. The number of thiophene rings is 1. The maximum atomic E-state index is 11.4. The maximum Gasteiger partial charge on any atom is 0.238 e. The molecule has 0 saturated carbocycles. The lowest BCUT2D eigenvalue weighted by atomic mass is 10.2. The zero-order valence-electron chi connectivity index (χ0n) is 14.2. The van der Waals surface area contributed by atoms with Gasteiger partial charge in [0.05, 0.1) is 4.90 Å². The first-order valence-corrected chi connectivity index (χ1v) is 9.88. The fourth-order valence-electron chi connectivity index (χ4n) is 2.24. The van der Waals surface area contributed by atoms with Crippen molar-refractivity contribution >= 4 is 51.3 Å². The first kappa shape index (κ1) is 21.9. The number of benzene rings is 1. The quantitative estimate of drug-likeness (QED) is 0.367. The summed E-state index contributed by atoms with van der Waals surface area (Å²) in [6, 6.07) is 10.8. The molecule has 0 aliphatic carbocycles. The number of rotatable bonds is 6. The van der Waals surface area contributed by atoms with Gasteiger partial charge in [-0.1, -0.05) is 18.2 Å². The molecule has 0 amide bonds. The van der Waals surface area contributed by atoms with Crippen LogP contribution in [0.4, 0.5) is 0 Å². The molecule has 0 atom stereocenters. The molecule has 0 aliphatic heterocycles. The molecule has 138 valence electrons. The lowest BCUT2D eigenvalue weighted by Gasteiger charge is -2.22. The monoisotopic (exact) mass is 494 g/mol. The van der Waals surface area contributed by atoms with Gasteiger partial charge in [-0.05, 0) is 35.6 Å². The van der Waals surface area contributed by atoms with Crippen LogP contribution in [0.1, 0.15) is 10.4 Å². The number of nitrogens with two attached hydrogens (primary N) is 1. The molecule has 0 bridgehead atoms. The Bertz CT molecular complexity index is 792. The molecular weight excluding hydrogens is 471 g/mol. The second-order valence-electron chi connectivity index (χ2n) is 5.34. The van der Waals surface area contributed by atoms with E-state index in [0.29, 0.717) is 6.54 Å². The van der Waals surface area contributed by atoms with E-state index in [2.05, 4.69) is 21.8 Å². The third-order valence-electron chi connectivity index (χ3n) is 3.52. The van der Waals surface area contributed by atoms with E-state index < -0.39 is 10.0 Å². The molecule has 2 aromatic rings. The summed E-state index contributed by atoms with van der Waals surface area (Å²) in [6.07, 6.45) is 0.954. The highest BCUT2D eigenvalue weighted by molar-refractivity contribution is 14.0. The van der Waals surface area contributed by atoms with Crippen LogP contribution in [0.25, 0.3) is 0 Å². The van der Waals surface area contributed by atoms with Crippen LogP contribution in [0.5, 0.6) is 0 Å². The number of primary sulfonamides is 1. The third-order valence-corrected chi connectivity index (χ3v) is 5.37. The number of hydrogen-bond donors (Lipinski definition) is 2. The third kappa shape index (κ3) is 6.92. The van der Waals surface area contributed by atoms with E-state index in [1.165, 1.54) is 10.9 Å². The Hall–Kier alpha value is -1.17. The molecule has 2 rings (SSSR count). The minimum atomic E-state index is -3.69. The summed E-state index contributed by atoms with van der Waals surface area (Å²) in [5.74, 6) is 0.757. The molecule has 0 fully saturated rings. The van der Waals surface area contributed by atoms with Gasteiger partial charge in [0.25, 0.3) is 0 Å². The van der Waals surface area contributed by atoms with Crippen molar-refractivity contribution in [2.75, 3.05) is 20.6 Å². The van der Waals surface area contributed by atoms with E-state index >= 15 is 0 Å². The Morgan fingerprint density at radius 3 is 2.68 bits per heavy atom. The van der Waals surface area contributed by atoms with Crippen LogP contribution in [-0.2, 0) is 23.0 Å². The van der Waals surface area contributed by atoms with E-state index in [9.17, 15) is 8.42 Å². The Labute approximate surface area is 170 Å². The molecule has 0 saturated heterocycles.